The van der Waals surface area contributed by atoms with Crippen molar-refractivity contribution in [1.82, 2.24) is 0 Å². The lowest BCUT2D eigenvalue weighted by Gasteiger charge is -2.22. The predicted octanol–water partition coefficient (Wildman–Crippen LogP) is 2.39. The molecule has 10 heteroatoms. The fourth-order valence-corrected chi connectivity index (χ4v) is 3.60. The average molecular weight is 467 g/mol. The molecule has 174 valence electrons. The van der Waals surface area contributed by atoms with Crippen molar-refractivity contribution in [2.45, 2.75) is 87.9 Å². The van der Waals surface area contributed by atoms with Crippen LogP contribution in [0.2, 0.25) is 0 Å². The first-order valence-electron chi connectivity index (χ1n) is 9.83. The third kappa shape index (κ3) is 8.24. The molecule has 1 rings (SSSR count). The standard InChI is InChI=1S/C20H34O8S2/c1-19(2,29(23,24)25)11-9-17(21)13-15-5-7-16(8-6-15)14-18(22)10-12-20(3,4)30(26,27)28/h5-8,17-18,21-22H,9-14H2,1-4H3,(H,23,24,25)(H,26,27,28). The van der Waals surface area contributed by atoms with Crippen LogP contribution in [0.3, 0.4) is 0 Å². The Hall–Kier alpha value is -1.04. The zero-order valence-corrected chi connectivity index (χ0v) is 19.6. The van der Waals surface area contributed by atoms with Crippen LogP contribution in [-0.4, -0.2) is 57.9 Å². The van der Waals surface area contributed by atoms with E-state index in [4.69, 9.17) is 0 Å². The van der Waals surface area contributed by atoms with Gasteiger partial charge in [-0.3, -0.25) is 9.11 Å². The van der Waals surface area contributed by atoms with Gasteiger partial charge < -0.3 is 10.2 Å². The predicted molar refractivity (Wildman–Crippen MR) is 116 cm³/mol. The van der Waals surface area contributed by atoms with Crippen molar-refractivity contribution in [3.8, 4) is 0 Å². The van der Waals surface area contributed by atoms with E-state index in [1.54, 1.807) is 24.3 Å². The van der Waals surface area contributed by atoms with E-state index in [0.29, 0.717) is 12.8 Å². The van der Waals surface area contributed by atoms with Crippen LogP contribution in [0.5, 0.6) is 0 Å². The maximum absolute atomic E-state index is 11.3. The van der Waals surface area contributed by atoms with E-state index < -0.39 is 41.9 Å². The monoisotopic (exact) mass is 466 g/mol. The van der Waals surface area contributed by atoms with Gasteiger partial charge in [0, 0.05) is 0 Å². The molecular weight excluding hydrogens is 432 g/mol. The molecule has 4 N–H and O–H groups in total. The summed E-state index contributed by atoms with van der Waals surface area (Å²) >= 11 is 0. The van der Waals surface area contributed by atoms with Crippen LogP contribution in [-0.2, 0) is 33.1 Å². The second-order valence-corrected chi connectivity index (χ2v) is 13.2. The minimum absolute atomic E-state index is 0.122. The first kappa shape index (κ1) is 27.0. The van der Waals surface area contributed by atoms with Gasteiger partial charge in [-0.05, 0) is 77.3 Å². The van der Waals surface area contributed by atoms with Crippen LogP contribution in [0.1, 0.15) is 64.5 Å². The van der Waals surface area contributed by atoms with Crippen molar-refractivity contribution in [2.75, 3.05) is 0 Å². The Balaban J connectivity index is 2.55. The summed E-state index contributed by atoms with van der Waals surface area (Å²) in [6.07, 6.45) is -0.183. The minimum atomic E-state index is -4.19. The zero-order valence-electron chi connectivity index (χ0n) is 17.9. The summed E-state index contributed by atoms with van der Waals surface area (Å²) in [6, 6.07) is 7.23. The van der Waals surface area contributed by atoms with Gasteiger partial charge in [-0.1, -0.05) is 24.3 Å². The largest absolute Gasteiger partial charge is 0.393 e. The second-order valence-electron chi connectivity index (χ2n) is 9.08. The SMILES string of the molecule is CC(C)(CCC(O)Cc1ccc(CC(O)CCC(C)(C)S(=O)(=O)O)cc1)S(=O)(=O)O. The highest BCUT2D eigenvalue weighted by Crippen LogP contribution is 2.24. The highest BCUT2D eigenvalue weighted by Gasteiger charge is 2.33. The van der Waals surface area contributed by atoms with Crippen molar-refractivity contribution < 1.29 is 36.2 Å². The molecule has 8 nitrogen and oxygen atoms in total. The van der Waals surface area contributed by atoms with Gasteiger partial charge in [0.05, 0.1) is 21.7 Å². The third-order valence-corrected chi connectivity index (χ3v) is 8.72. The molecule has 0 aliphatic rings. The van der Waals surface area contributed by atoms with E-state index in [2.05, 4.69) is 0 Å². The molecule has 1 aromatic carbocycles. The van der Waals surface area contributed by atoms with Gasteiger partial charge in [0.1, 0.15) is 0 Å². The van der Waals surface area contributed by atoms with Gasteiger partial charge in [0.25, 0.3) is 20.2 Å². The van der Waals surface area contributed by atoms with E-state index >= 15 is 0 Å². The number of hydrogen-bond donors (Lipinski definition) is 4. The van der Waals surface area contributed by atoms with Crippen LogP contribution in [0.15, 0.2) is 24.3 Å². The summed E-state index contributed by atoms with van der Waals surface area (Å²) in [6.45, 7) is 5.64. The van der Waals surface area contributed by atoms with E-state index in [9.17, 15) is 36.2 Å². The molecule has 2 atom stereocenters. The van der Waals surface area contributed by atoms with E-state index in [1.165, 1.54) is 27.7 Å². The van der Waals surface area contributed by atoms with E-state index in [1.807, 2.05) is 0 Å². The third-order valence-electron chi connectivity index (χ3n) is 5.52. The molecule has 0 bridgehead atoms. The molecular formula is C20H34O8S2. The highest BCUT2D eigenvalue weighted by molar-refractivity contribution is 7.87. The summed E-state index contributed by atoms with van der Waals surface area (Å²) in [5.41, 5.74) is 1.69. The van der Waals surface area contributed by atoms with Crippen molar-refractivity contribution >= 4 is 20.2 Å². The van der Waals surface area contributed by atoms with Crippen molar-refractivity contribution in [1.29, 1.82) is 0 Å². The summed E-state index contributed by atoms with van der Waals surface area (Å²) in [4.78, 5) is 0. The smallest absolute Gasteiger partial charge is 0.270 e. The summed E-state index contributed by atoms with van der Waals surface area (Å²) in [5.74, 6) is 0. The topological polar surface area (TPSA) is 149 Å². The van der Waals surface area contributed by atoms with Crippen LogP contribution in [0.25, 0.3) is 0 Å². The maximum Gasteiger partial charge on any atom is 0.270 e. The Bertz CT molecular complexity index is 812. The Labute approximate surface area is 179 Å². The lowest BCUT2D eigenvalue weighted by atomic mass is 9.96. The molecule has 0 amide bonds. The van der Waals surface area contributed by atoms with Crippen molar-refractivity contribution in [3.05, 3.63) is 35.4 Å². The number of benzene rings is 1. The van der Waals surface area contributed by atoms with Crippen LogP contribution in [0.4, 0.5) is 0 Å². The Morgan fingerprint density at radius 1 is 0.700 bits per heavy atom. The van der Waals surface area contributed by atoms with Gasteiger partial charge >= 0.3 is 0 Å². The fourth-order valence-electron chi connectivity index (χ4n) is 2.85. The molecule has 0 radical (unpaired) electrons. The molecule has 0 aliphatic carbocycles. The lowest BCUT2D eigenvalue weighted by molar-refractivity contribution is 0.156. The van der Waals surface area contributed by atoms with E-state index in [-0.39, 0.29) is 25.7 Å². The van der Waals surface area contributed by atoms with Crippen molar-refractivity contribution in [2.24, 2.45) is 0 Å². The van der Waals surface area contributed by atoms with Crippen LogP contribution >= 0.6 is 0 Å². The zero-order chi connectivity index (χ0) is 23.4. The van der Waals surface area contributed by atoms with Crippen LogP contribution in [0, 0.1) is 0 Å². The number of rotatable bonds is 12. The number of hydrogen-bond acceptors (Lipinski definition) is 6. The quantitative estimate of drug-likeness (QED) is 0.343. The maximum atomic E-state index is 11.3. The van der Waals surface area contributed by atoms with Gasteiger partial charge in [0.2, 0.25) is 0 Å². The fraction of sp³-hybridized carbons (Fsp3) is 0.700. The molecule has 0 fully saturated rings. The van der Waals surface area contributed by atoms with Gasteiger partial charge in [-0.15, -0.1) is 0 Å². The normalized spacial score (nSPS) is 15.7. The number of aliphatic hydroxyl groups excluding tert-OH is 2. The summed E-state index contributed by atoms with van der Waals surface area (Å²) < 4.78 is 61.0. The Morgan fingerprint density at radius 2 is 0.967 bits per heavy atom. The molecule has 0 saturated carbocycles. The molecule has 1 aromatic rings. The Morgan fingerprint density at radius 3 is 1.20 bits per heavy atom. The average Bonchev–Trinajstić information content (AvgIpc) is 2.58. The summed E-state index contributed by atoms with van der Waals surface area (Å²) in [5, 5.41) is 20.3. The molecule has 2 unspecified atom stereocenters. The van der Waals surface area contributed by atoms with Crippen LogP contribution < -0.4 is 0 Å². The number of aliphatic hydroxyl groups is 2. The Kier molecular flexibility index (Phi) is 9.05. The minimum Gasteiger partial charge on any atom is -0.393 e. The molecule has 0 aromatic heterocycles. The molecule has 30 heavy (non-hydrogen) atoms. The second kappa shape index (κ2) is 10.1. The van der Waals surface area contributed by atoms with Gasteiger partial charge in [-0.25, -0.2) is 0 Å². The van der Waals surface area contributed by atoms with Gasteiger partial charge in [0.15, 0.2) is 0 Å². The molecule has 0 spiro atoms. The molecule has 0 aliphatic heterocycles. The molecule has 0 saturated heterocycles. The van der Waals surface area contributed by atoms with E-state index in [0.717, 1.165) is 11.1 Å². The summed E-state index contributed by atoms with van der Waals surface area (Å²) in [7, 11) is -8.39. The van der Waals surface area contributed by atoms with Gasteiger partial charge in [-0.2, -0.15) is 16.8 Å². The van der Waals surface area contributed by atoms with Crippen molar-refractivity contribution in [3.63, 3.8) is 0 Å². The molecule has 0 heterocycles. The first-order valence-corrected chi connectivity index (χ1v) is 12.7. The lowest BCUT2D eigenvalue weighted by Crippen LogP contribution is -2.32. The highest BCUT2D eigenvalue weighted by atomic mass is 32.2. The first-order chi connectivity index (χ1) is 13.4.